The molecule has 1 fully saturated rings. The van der Waals surface area contributed by atoms with Gasteiger partial charge >= 0.3 is 0 Å². The smallest absolute Gasteiger partial charge is 0.225 e. The van der Waals surface area contributed by atoms with Crippen molar-refractivity contribution in [3.8, 4) is 0 Å². The lowest BCUT2D eigenvalue weighted by Gasteiger charge is -2.37. The van der Waals surface area contributed by atoms with Gasteiger partial charge in [0, 0.05) is 37.7 Å². The van der Waals surface area contributed by atoms with Gasteiger partial charge in [0.25, 0.3) is 0 Å². The molecule has 0 radical (unpaired) electrons. The highest BCUT2D eigenvalue weighted by molar-refractivity contribution is 5.78. The van der Waals surface area contributed by atoms with Gasteiger partial charge in [0.15, 0.2) is 5.82 Å². The SMILES string of the molecule is CC(C)C(=O)N1CCN(c2cccc(CO)c2F)CC1. The molecule has 110 valence electrons. The van der Waals surface area contributed by atoms with E-state index in [2.05, 4.69) is 0 Å². The Morgan fingerprint density at radius 1 is 1.30 bits per heavy atom. The summed E-state index contributed by atoms with van der Waals surface area (Å²) in [5.74, 6) is -0.219. The monoisotopic (exact) mass is 280 g/mol. The van der Waals surface area contributed by atoms with Crippen molar-refractivity contribution >= 4 is 11.6 Å². The number of nitrogens with zero attached hydrogens (tertiary/aromatic N) is 2. The Balaban J connectivity index is 2.06. The second-order valence-electron chi connectivity index (χ2n) is 5.38. The standard InChI is InChI=1S/C15H21FN2O2/c1-11(2)15(20)18-8-6-17(7-9-18)13-5-3-4-12(10-19)14(13)16/h3-5,11,19H,6-10H2,1-2H3. The molecule has 1 heterocycles. The Labute approximate surface area is 118 Å². The first kappa shape index (κ1) is 14.8. The highest BCUT2D eigenvalue weighted by Gasteiger charge is 2.24. The maximum atomic E-state index is 14.2. The molecule has 0 aliphatic carbocycles. The molecular weight excluding hydrogens is 259 g/mol. The number of amides is 1. The van der Waals surface area contributed by atoms with Gasteiger partial charge in [-0.25, -0.2) is 4.39 Å². The molecule has 5 heteroatoms. The average molecular weight is 280 g/mol. The molecule has 0 aromatic heterocycles. The Kier molecular flexibility index (Phi) is 4.60. The summed E-state index contributed by atoms with van der Waals surface area (Å²) in [5.41, 5.74) is 0.816. The summed E-state index contributed by atoms with van der Waals surface area (Å²) in [6.07, 6.45) is 0. The Morgan fingerprint density at radius 2 is 1.95 bits per heavy atom. The van der Waals surface area contributed by atoms with Crippen LogP contribution in [0.3, 0.4) is 0 Å². The van der Waals surface area contributed by atoms with Crippen molar-refractivity contribution in [3.63, 3.8) is 0 Å². The fourth-order valence-corrected chi connectivity index (χ4v) is 2.47. The van der Waals surface area contributed by atoms with Gasteiger partial charge < -0.3 is 14.9 Å². The van der Waals surface area contributed by atoms with E-state index in [9.17, 15) is 9.18 Å². The molecule has 1 aliphatic heterocycles. The summed E-state index contributed by atoms with van der Waals surface area (Å²) in [6, 6.07) is 5.04. The Bertz CT molecular complexity index is 483. The van der Waals surface area contributed by atoms with Crippen LogP contribution in [0.15, 0.2) is 18.2 Å². The van der Waals surface area contributed by atoms with Gasteiger partial charge in [-0.1, -0.05) is 26.0 Å². The number of benzene rings is 1. The molecule has 0 atom stereocenters. The van der Waals surface area contributed by atoms with Gasteiger partial charge in [0.05, 0.1) is 12.3 Å². The zero-order valence-corrected chi connectivity index (χ0v) is 12.0. The van der Waals surface area contributed by atoms with Crippen LogP contribution in [0.5, 0.6) is 0 Å². The summed E-state index contributed by atoms with van der Waals surface area (Å²) in [6.45, 7) is 5.93. The van der Waals surface area contributed by atoms with E-state index < -0.39 is 0 Å². The fraction of sp³-hybridized carbons (Fsp3) is 0.533. The van der Waals surface area contributed by atoms with E-state index in [0.29, 0.717) is 37.4 Å². The summed E-state index contributed by atoms with van der Waals surface area (Å²) in [5, 5.41) is 9.11. The molecule has 0 spiro atoms. The summed E-state index contributed by atoms with van der Waals surface area (Å²) in [7, 11) is 0. The number of hydrogen-bond donors (Lipinski definition) is 1. The van der Waals surface area contributed by atoms with Crippen LogP contribution < -0.4 is 4.90 Å². The van der Waals surface area contributed by atoms with Crippen molar-refractivity contribution in [3.05, 3.63) is 29.6 Å². The number of anilines is 1. The first-order chi connectivity index (χ1) is 9.54. The van der Waals surface area contributed by atoms with Gasteiger partial charge in [0.2, 0.25) is 5.91 Å². The van der Waals surface area contributed by atoms with Gasteiger partial charge in [-0.2, -0.15) is 0 Å². The van der Waals surface area contributed by atoms with Gasteiger partial charge in [-0.05, 0) is 6.07 Å². The molecule has 1 amide bonds. The molecule has 1 N–H and O–H groups in total. The number of carbonyl (C=O) groups excluding carboxylic acids is 1. The van der Waals surface area contributed by atoms with Crippen LogP contribution in [0.2, 0.25) is 0 Å². The van der Waals surface area contributed by atoms with Crippen LogP contribution in [0, 0.1) is 11.7 Å². The van der Waals surface area contributed by atoms with E-state index in [1.54, 1.807) is 18.2 Å². The van der Waals surface area contributed by atoms with Gasteiger partial charge in [-0.15, -0.1) is 0 Å². The van der Waals surface area contributed by atoms with E-state index in [1.807, 2.05) is 23.6 Å². The maximum absolute atomic E-state index is 14.2. The molecule has 1 saturated heterocycles. The minimum absolute atomic E-state index is 0.00370. The predicted molar refractivity (Wildman–Crippen MR) is 76.0 cm³/mol. The highest BCUT2D eigenvalue weighted by atomic mass is 19.1. The largest absolute Gasteiger partial charge is 0.392 e. The van der Waals surface area contributed by atoms with E-state index in [1.165, 1.54) is 0 Å². The zero-order valence-electron chi connectivity index (χ0n) is 12.0. The van der Waals surface area contributed by atoms with Crippen molar-refractivity contribution in [2.75, 3.05) is 31.1 Å². The van der Waals surface area contributed by atoms with Crippen molar-refractivity contribution < 1.29 is 14.3 Å². The average Bonchev–Trinajstić information content (AvgIpc) is 2.47. The second-order valence-corrected chi connectivity index (χ2v) is 5.38. The van der Waals surface area contributed by atoms with Gasteiger partial charge in [0.1, 0.15) is 0 Å². The quantitative estimate of drug-likeness (QED) is 0.915. The van der Waals surface area contributed by atoms with Crippen molar-refractivity contribution in [2.45, 2.75) is 20.5 Å². The lowest BCUT2D eigenvalue weighted by Crippen LogP contribution is -2.50. The number of aliphatic hydroxyl groups excluding tert-OH is 1. The lowest BCUT2D eigenvalue weighted by molar-refractivity contribution is -0.134. The summed E-state index contributed by atoms with van der Waals surface area (Å²) < 4.78 is 14.2. The van der Waals surface area contributed by atoms with Crippen LogP contribution in [0.25, 0.3) is 0 Å². The zero-order chi connectivity index (χ0) is 14.7. The Morgan fingerprint density at radius 3 is 2.50 bits per heavy atom. The topological polar surface area (TPSA) is 43.8 Å². The lowest BCUT2D eigenvalue weighted by atomic mass is 10.1. The molecule has 0 unspecified atom stereocenters. The first-order valence-corrected chi connectivity index (χ1v) is 6.96. The summed E-state index contributed by atoms with van der Waals surface area (Å²) >= 11 is 0. The number of aliphatic hydroxyl groups is 1. The molecule has 1 aromatic rings. The molecule has 1 aromatic carbocycles. The third kappa shape index (κ3) is 2.93. The summed E-state index contributed by atoms with van der Waals surface area (Å²) in [4.78, 5) is 15.7. The molecule has 0 saturated carbocycles. The minimum atomic E-state index is -0.362. The number of hydrogen-bond acceptors (Lipinski definition) is 3. The normalized spacial score (nSPS) is 15.8. The van der Waals surface area contributed by atoms with E-state index in [4.69, 9.17) is 5.11 Å². The Hall–Kier alpha value is -1.62. The molecule has 1 aliphatic rings. The third-order valence-corrected chi connectivity index (χ3v) is 3.65. The molecule has 2 rings (SSSR count). The predicted octanol–water partition coefficient (Wildman–Crippen LogP) is 1.62. The van der Waals surface area contributed by atoms with Crippen LogP contribution in [0.4, 0.5) is 10.1 Å². The first-order valence-electron chi connectivity index (χ1n) is 6.96. The number of carbonyl (C=O) groups is 1. The van der Waals surface area contributed by atoms with E-state index >= 15 is 0 Å². The molecule has 4 nitrogen and oxygen atoms in total. The van der Waals surface area contributed by atoms with Crippen LogP contribution in [-0.4, -0.2) is 42.1 Å². The van der Waals surface area contributed by atoms with Crippen LogP contribution in [-0.2, 0) is 11.4 Å². The fourth-order valence-electron chi connectivity index (χ4n) is 2.47. The molecule has 20 heavy (non-hydrogen) atoms. The number of rotatable bonds is 3. The molecule has 0 bridgehead atoms. The van der Waals surface area contributed by atoms with E-state index in [0.717, 1.165) is 0 Å². The van der Waals surface area contributed by atoms with Crippen LogP contribution >= 0.6 is 0 Å². The second kappa shape index (κ2) is 6.22. The van der Waals surface area contributed by atoms with Gasteiger partial charge in [-0.3, -0.25) is 4.79 Å². The van der Waals surface area contributed by atoms with Crippen molar-refractivity contribution in [1.82, 2.24) is 4.90 Å². The number of piperazine rings is 1. The van der Waals surface area contributed by atoms with Crippen molar-refractivity contribution in [1.29, 1.82) is 0 Å². The maximum Gasteiger partial charge on any atom is 0.225 e. The molecular formula is C15H21FN2O2. The van der Waals surface area contributed by atoms with Crippen molar-refractivity contribution in [2.24, 2.45) is 5.92 Å². The minimum Gasteiger partial charge on any atom is -0.392 e. The van der Waals surface area contributed by atoms with Crippen LogP contribution in [0.1, 0.15) is 19.4 Å². The van der Waals surface area contributed by atoms with E-state index in [-0.39, 0.29) is 24.2 Å². The third-order valence-electron chi connectivity index (χ3n) is 3.65. The highest BCUT2D eigenvalue weighted by Crippen LogP contribution is 2.23. The number of halogens is 1.